The zero-order valence-electron chi connectivity index (χ0n) is 9.40. The standard InChI is InChI=1S/C9H19NO3S/c1-6-7(14(5,12)13)8(10-11)9(2,3)4/h7,11H,6H2,1-5H3/b10-8-. The summed E-state index contributed by atoms with van der Waals surface area (Å²) in [5, 5.41) is 11.3. The van der Waals surface area contributed by atoms with Gasteiger partial charge in [0.05, 0.1) is 5.71 Å². The summed E-state index contributed by atoms with van der Waals surface area (Å²) in [6.45, 7) is 7.25. The molecule has 0 heterocycles. The first-order valence-corrected chi connectivity index (χ1v) is 6.51. The molecule has 0 radical (unpaired) electrons. The van der Waals surface area contributed by atoms with Crippen molar-refractivity contribution in [2.24, 2.45) is 10.6 Å². The van der Waals surface area contributed by atoms with Gasteiger partial charge in [0.1, 0.15) is 5.25 Å². The summed E-state index contributed by atoms with van der Waals surface area (Å²) in [6.07, 6.45) is 1.59. The highest BCUT2D eigenvalue weighted by Gasteiger charge is 2.33. The predicted molar refractivity (Wildman–Crippen MR) is 57.6 cm³/mol. The molecule has 0 aliphatic rings. The maximum absolute atomic E-state index is 11.4. The van der Waals surface area contributed by atoms with Gasteiger partial charge in [-0.3, -0.25) is 0 Å². The summed E-state index contributed by atoms with van der Waals surface area (Å²) in [6, 6.07) is 0. The van der Waals surface area contributed by atoms with Crippen LogP contribution in [-0.4, -0.2) is 30.8 Å². The molecule has 0 aliphatic heterocycles. The minimum absolute atomic E-state index is 0.322. The third-order valence-corrected chi connectivity index (χ3v) is 3.66. The predicted octanol–water partition coefficient (Wildman–Crippen LogP) is 1.69. The van der Waals surface area contributed by atoms with Crippen molar-refractivity contribution in [3.8, 4) is 0 Å². The Labute approximate surface area is 85.9 Å². The fourth-order valence-electron chi connectivity index (χ4n) is 1.40. The molecule has 0 saturated heterocycles. The van der Waals surface area contributed by atoms with E-state index < -0.39 is 20.5 Å². The average molecular weight is 221 g/mol. The Morgan fingerprint density at radius 2 is 1.86 bits per heavy atom. The van der Waals surface area contributed by atoms with Crippen LogP contribution in [0.2, 0.25) is 0 Å². The Morgan fingerprint density at radius 1 is 1.43 bits per heavy atom. The third-order valence-electron chi connectivity index (χ3n) is 2.07. The molecule has 0 amide bonds. The van der Waals surface area contributed by atoms with E-state index in [0.29, 0.717) is 12.1 Å². The maximum atomic E-state index is 11.4. The van der Waals surface area contributed by atoms with Crippen LogP contribution >= 0.6 is 0 Å². The van der Waals surface area contributed by atoms with E-state index in [1.54, 1.807) is 6.92 Å². The number of nitrogens with zero attached hydrogens (tertiary/aromatic N) is 1. The number of oxime groups is 1. The monoisotopic (exact) mass is 221 g/mol. The summed E-state index contributed by atoms with van der Waals surface area (Å²) in [4.78, 5) is 0. The van der Waals surface area contributed by atoms with Gasteiger partial charge in [-0.15, -0.1) is 0 Å². The average Bonchev–Trinajstić information content (AvgIpc) is 1.94. The normalized spacial score (nSPS) is 16.8. The molecule has 0 aromatic heterocycles. The molecule has 0 aromatic carbocycles. The van der Waals surface area contributed by atoms with Crippen molar-refractivity contribution in [1.29, 1.82) is 0 Å². The lowest BCUT2D eigenvalue weighted by Gasteiger charge is -2.25. The third kappa shape index (κ3) is 3.29. The highest BCUT2D eigenvalue weighted by molar-refractivity contribution is 7.92. The van der Waals surface area contributed by atoms with Crippen molar-refractivity contribution in [2.45, 2.75) is 39.4 Å². The van der Waals surface area contributed by atoms with Crippen molar-refractivity contribution >= 4 is 15.5 Å². The smallest absolute Gasteiger partial charge is 0.155 e. The minimum Gasteiger partial charge on any atom is -0.411 e. The summed E-state index contributed by atoms with van der Waals surface area (Å²) < 4.78 is 22.8. The van der Waals surface area contributed by atoms with E-state index in [-0.39, 0.29) is 0 Å². The van der Waals surface area contributed by atoms with Crippen LogP contribution in [0, 0.1) is 5.41 Å². The molecule has 1 unspecified atom stereocenters. The maximum Gasteiger partial charge on any atom is 0.155 e. The first-order chi connectivity index (χ1) is 6.14. The van der Waals surface area contributed by atoms with E-state index in [4.69, 9.17) is 5.21 Å². The molecule has 1 atom stereocenters. The molecule has 0 spiro atoms. The van der Waals surface area contributed by atoms with Gasteiger partial charge in [0.25, 0.3) is 0 Å². The molecule has 0 saturated carbocycles. The number of hydrogen-bond acceptors (Lipinski definition) is 4. The Balaban J connectivity index is 5.25. The van der Waals surface area contributed by atoms with Gasteiger partial charge < -0.3 is 5.21 Å². The molecule has 84 valence electrons. The molecule has 0 fully saturated rings. The van der Waals surface area contributed by atoms with Crippen molar-refractivity contribution in [2.75, 3.05) is 6.26 Å². The lowest BCUT2D eigenvalue weighted by molar-refractivity contribution is 0.308. The van der Waals surface area contributed by atoms with Crippen LogP contribution in [0.15, 0.2) is 5.16 Å². The molecular weight excluding hydrogens is 202 g/mol. The van der Waals surface area contributed by atoms with Crippen LogP contribution in [0.4, 0.5) is 0 Å². The van der Waals surface area contributed by atoms with Crippen LogP contribution in [0.5, 0.6) is 0 Å². The highest BCUT2D eigenvalue weighted by Crippen LogP contribution is 2.23. The van der Waals surface area contributed by atoms with Gasteiger partial charge in [-0.25, -0.2) is 8.42 Å². The van der Waals surface area contributed by atoms with Crippen LogP contribution in [0.3, 0.4) is 0 Å². The van der Waals surface area contributed by atoms with Gasteiger partial charge in [-0.1, -0.05) is 32.9 Å². The fraction of sp³-hybridized carbons (Fsp3) is 0.889. The number of hydrogen-bond donors (Lipinski definition) is 1. The fourth-order valence-corrected chi connectivity index (χ4v) is 2.81. The topological polar surface area (TPSA) is 66.7 Å². The van der Waals surface area contributed by atoms with E-state index in [0.717, 1.165) is 6.26 Å². The Hall–Kier alpha value is -0.580. The molecular formula is C9H19NO3S. The highest BCUT2D eigenvalue weighted by atomic mass is 32.2. The second-order valence-electron chi connectivity index (χ2n) is 4.46. The lowest BCUT2D eigenvalue weighted by Crippen LogP contribution is -2.37. The Morgan fingerprint density at radius 3 is 1.93 bits per heavy atom. The Bertz CT molecular complexity index is 311. The summed E-state index contributed by atoms with van der Waals surface area (Å²) in [5.74, 6) is 0. The number of sulfone groups is 1. The number of rotatable bonds is 3. The second-order valence-corrected chi connectivity index (χ2v) is 6.69. The summed E-state index contributed by atoms with van der Waals surface area (Å²) in [5.41, 5.74) is -0.110. The Kier molecular flexibility index (Phi) is 4.12. The van der Waals surface area contributed by atoms with Gasteiger partial charge in [0.15, 0.2) is 9.84 Å². The van der Waals surface area contributed by atoms with E-state index in [9.17, 15) is 8.42 Å². The van der Waals surface area contributed by atoms with Gasteiger partial charge in [-0.05, 0) is 6.42 Å². The summed E-state index contributed by atoms with van der Waals surface area (Å²) in [7, 11) is -3.20. The van der Waals surface area contributed by atoms with E-state index in [2.05, 4.69) is 5.16 Å². The first-order valence-electron chi connectivity index (χ1n) is 4.55. The molecule has 5 heteroatoms. The van der Waals surface area contributed by atoms with Gasteiger partial charge >= 0.3 is 0 Å². The largest absolute Gasteiger partial charge is 0.411 e. The van der Waals surface area contributed by atoms with Gasteiger partial charge in [0, 0.05) is 11.7 Å². The zero-order chi connectivity index (χ0) is 11.6. The molecule has 14 heavy (non-hydrogen) atoms. The van der Waals surface area contributed by atoms with Gasteiger partial charge in [0.2, 0.25) is 0 Å². The molecule has 0 rings (SSSR count). The quantitative estimate of drug-likeness (QED) is 0.448. The van der Waals surface area contributed by atoms with E-state index in [1.165, 1.54) is 0 Å². The van der Waals surface area contributed by atoms with Crippen molar-refractivity contribution < 1.29 is 13.6 Å². The van der Waals surface area contributed by atoms with Crippen LogP contribution in [-0.2, 0) is 9.84 Å². The molecule has 0 bridgehead atoms. The SMILES string of the molecule is CCC(/C(=N/O)C(C)(C)C)S(C)(=O)=O. The van der Waals surface area contributed by atoms with Crippen LogP contribution in [0.1, 0.15) is 34.1 Å². The van der Waals surface area contributed by atoms with Crippen molar-refractivity contribution in [3.63, 3.8) is 0 Å². The molecule has 0 aliphatic carbocycles. The molecule has 4 nitrogen and oxygen atoms in total. The molecule has 0 aromatic rings. The zero-order valence-corrected chi connectivity index (χ0v) is 10.2. The van der Waals surface area contributed by atoms with Crippen LogP contribution in [0.25, 0.3) is 0 Å². The first kappa shape index (κ1) is 13.4. The van der Waals surface area contributed by atoms with Gasteiger partial charge in [-0.2, -0.15) is 0 Å². The summed E-state index contributed by atoms with van der Waals surface area (Å²) >= 11 is 0. The van der Waals surface area contributed by atoms with E-state index >= 15 is 0 Å². The van der Waals surface area contributed by atoms with E-state index in [1.807, 2.05) is 20.8 Å². The lowest BCUT2D eigenvalue weighted by atomic mass is 9.87. The minimum atomic E-state index is -3.20. The molecule has 1 N–H and O–H groups in total. The van der Waals surface area contributed by atoms with Crippen molar-refractivity contribution in [1.82, 2.24) is 0 Å². The van der Waals surface area contributed by atoms with Crippen molar-refractivity contribution in [3.05, 3.63) is 0 Å². The van der Waals surface area contributed by atoms with Crippen LogP contribution < -0.4 is 0 Å². The second kappa shape index (κ2) is 4.29.